The zero-order valence-electron chi connectivity index (χ0n) is 20.7. The van der Waals surface area contributed by atoms with Crippen LogP contribution in [0.15, 0.2) is 36.5 Å². The van der Waals surface area contributed by atoms with Gasteiger partial charge in [0.15, 0.2) is 0 Å². The van der Waals surface area contributed by atoms with Gasteiger partial charge in [0, 0.05) is 18.0 Å². The second-order valence-corrected chi connectivity index (χ2v) is 10.5. The maximum atomic E-state index is 14.0. The minimum Gasteiger partial charge on any atom is -0.477 e. The maximum absolute atomic E-state index is 14.0. The molecule has 3 rings (SSSR count). The van der Waals surface area contributed by atoms with Crippen molar-refractivity contribution in [3.05, 3.63) is 53.6 Å². The van der Waals surface area contributed by atoms with Gasteiger partial charge in [-0.2, -0.15) is 4.39 Å². The molecule has 2 heterocycles. The van der Waals surface area contributed by atoms with Crippen molar-refractivity contribution >= 4 is 17.6 Å². The first-order valence-electron chi connectivity index (χ1n) is 11.5. The summed E-state index contributed by atoms with van der Waals surface area (Å²) in [6.07, 6.45) is 2.14. The molecule has 0 saturated carbocycles. The molecular formula is C26H34FN3O4. The van der Waals surface area contributed by atoms with Crippen LogP contribution in [-0.4, -0.2) is 41.2 Å². The molecule has 2 N–H and O–H groups in total. The molecule has 2 aromatic rings. The Kier molecular flexibility index (Phi) is 7.60. The van der Waals surface area contributed by atoms with Gasteiger partial charge in [-0.25, -0.2) is 9.78 Å². The molecule has 0 bridgehead atoms. The van der Waals surface area contributed by atoms with E-state index in [-0.39, 0.29) is 17.0 Å². The maximum Gasteiger partial charge on any atom is 0.349 e. The average molecular weight is 472 g/mol. The molecule has 7 nitrogen and oxygen atoms in total. The second-order valence-electron chi connectivity index (χ2n) is 10.5. The molecule has 1 fully saturated rings. The molecule has 1 amide bonds. The first kappa shape index (κ1) is 25.6. The Bertz CT molecular complexity index is 1040. The Hall–Kier alpha value is -3.00. The molecule has 1 unspecified atom stereocenters. The molecule has 1 aliphatic rings. The van der Waals surface area contributed by atoms with Crippen LogP contribution in [0.4, 0.5) is 10.1 Å². The van der Waals surface area contributed by atoms with Crippen molar-refractivity contribution in [2.45, 2.75) is 77.5 Å². The van der Waals surface area contributed by atoms with Crippen LogP contribution in [0, 0.1) is 5.95 Å². The van der Waals surface area contributed by atoms with E-state index in [1.807, 2.05) is 47.6 Å². The molecular weight excluding hydrogens is 437 g/mol. The van der Waals surface area contributed by atoms with Gasteiger partial charge < -0.3 is 20.1 Å². The number of hydrogen-bond donors (Lipinski definition) is 2. The van der Waals surface area contributed by atoms with E-state index in [1.165, 1.54) is 18.3 Å². The summed E-state index contributed by atoms with van der Waals surface area (Å²) >= 11 is 0. The molecule has 0 aliphatic carbocycles. The van der Waals surface area contributed by atoms with Gasteiger partial charge in [0.1, 0.15) is 11.4 Å². The van der Waals surface area contributed by atoms with Crippen molar-refractivity contribution in [3.8, 4) is 5.75 Å². The van der Waals surface area contributed by atoms with E-state index in [9.17, 15) is 14.0 Å². The smallest absolute Gasteiger partial charge is 0.349 e. The van der Waals surface area contributed by atoms with Gasteiger partial charge in [-0.05, 0) is 69.3 Å². The van der Waals surface area contributed by atoms with Crippen LogP contribution in [0.25, 0.3) is 0 Å². The molecule has 1 saturated heterocycles. The van der Waals surface area contributed by atoms with Crippen molar-refractivity contribution in [1.29, 1.82) is 0 Å². The summed E-state index contributed by atoms with van der Waals surface area (Å²) in [7, 11) is 0. The van der Waals surface area contributed by atoms with Crippen molar-refractivity contribution in [1.82, 2.24) is 10.3 Å². The van der Waals surface area contributed by atoms with Crippen LogP contribution < -0.4 is 15.4 Å². The number of hydrogen-bond acceptors (Lipinski definition) is 6. The number of carbonyl (C=O) groups is 2. The van der Waals surface area contributed by atoms with Crippen LogP contribution in [-0.2, 0) is 14.9 Å². The zero-order chi connectivity index (χ0) is 25.1. The first-order chi connectivity index (χ1) is 15.8. The van der Waals surface area contributed by atoms with Crippen LogP contribution in [0.3, 0.4) is 0 Å². The third-order valence-corrected chi connectivity index (χ3v) is 5.41. The topological polar surface area (TPSA) is 89.5 Å². The van der Waals surface area contributed by atoms with Gasteiger partial charge in [0.2, 0.25) is 12.1 Å². The summed E-state index contributed by atoms with van der Waals surface area (Å²) in [6, 6.07) is 7.91. The third-order valence-electron chi connectivity index (χ3n) is 5.41. The van der Waals surface area contributed by atoms with Crippen LogP contribution >= 0.6 is 0 Å². The highest BCUT2D eigenvalue weighted by atomic mass is 19.1. The Morgan fingerprint density at radius 2 is 1.91 bits per heavy atom. The van der Waals surface area contributed by atoms with Crippen LogP contribution in [0.5, 0.6) is 5.75 Å². The lowest BCUT2D eigenvalue weighted by Crippen LogP contribution is -2.47. The number of nitrogens with zero attached hydrogens (tertiary/aromatic N) is 1. The highest BCUT2D eigenvalue weighted by Gasteiger charge is 2.37. The molecule has 184 valence electrons. The SMILES string of the molecule is CC(C)(C)OC(=O)[C@@H](Oc1cc(NC(=O)c2cccnc2F)ccc1C(C)(C)C)C1CCCN1. The van der Waals surface area contributed by atoms with E-state index in [2.05, 4.69) is 15.6 Å². The molecule has 2 atom stereocenters. The molecule has 0 spiro atoms. The van der Waals surface area contributed by atoms with E-state index in [1.54, 1.807) is 12.1 Å². The summed E-state index contributed by atoms with van der Waals surface area (Å²) in [5, 5.41) is 6.03. The fraction of sp³-hybridized carbons (Fsp3) is 0.500. The summed E-state index contributed by atoms with van der Waals surface area (Å²) in [6.45, 7) is 12.4. The van der Waals surface area contributed by atoms with Gasteiger partial charge in [0.25, 0.3) is 5.91 Å². The minimum absolute atomic E-state index is 0.161. The predicted octanol–water partition coefficient (Wildman–Crippen LogP) is 4.61. The van der Waals surface area contributed by atoms with Gasteiger partial charge in [-0.15, -0.1) is 0 Å². The summed E-state index contributed by atoms with van der Waals surface area (Å²) in [5.41, 5.74) is 0.165. The van der Waals surface area contributed by atoms with Crippen molar-refractivity contribution in [2.24, 2.45) is 0 Å². The minimum atomic E-state index is -0.857. The number of carbonyl (C=O) groups excluding carboxylic acids is 2. The monoisotopic (exact) mass is 471 g/mol. The number of halogens is 1. The first-order valence-corrected chi connectivity index (χ1v) is 11.5. The van der Waals surface area contributed by atoms with Gasteiger partial charge >= 0.3 is 5.97 Å². The van der Waals surface area contributed by atoms with E-state index >= 15 is 0 Å². The number of rotatable bonds is 6. The molecule has 8 heteroatoms. The number of ether oxygens (including phenoxy) is 2. The lowest BCUT2D eigenvalue weighted by atomic mass is 9.86. The van der Waals surface area contributed by atoms with Crippen molar-refractivity contribution in [2.75, 3.05) is 11.9 Å². The number of nitrogens with one attached hydrogen (secondary N) is 2. The number of benzene rings is 1. The Morgan fingerprint density at radius 1 is 1.18 bits per heavy atom. The quantitative estimate of drug-likeness (QED) is 0.472. The van der Waals surface area contributed by atoms with Gasteiger partial charge in [-0.3, -0.25) is 4.79 Å². The fourth-order valence-electron chi connectivity index (χ4n) is 3.83. The van der Waals surface area contributed by atoms with E-state index in [0.717, 1.165) is 24.9 Å². The second kappa shape index (κ2) is 10.1. The van der Waals surface area contributed by atoms with Crippen LogP contribution in [0.2, 0.25) is 0 Å². The summed E-state index contributed by atoms with van der Waals surface area (Å²) in [4.78, 5) is 29.2. The lowest BCUT2D eigenvalue weighted by molar-refractivity contribution is -0.164. The average Bonchev–Trinajstić information content (AvgIpc) is 3.24. The molecule has 1 aromatic carbocycles. The number of aromatic nitrogens is 1. The number of esters is 1. The number of pyridine rings is 1. The molecule has 1 aromatic heterocycles. The Labute approximate surface area is 200 Å². The normalized spacial score (nSPS) is 17.2. The zero-order valence-corrected chi connectivity index (χ0v) is 20.7. The van der Waals surface area contributed by atoms with Gasteiger partial charge in [0.05, 0.1) is 11.6 Å². The highest BCUT2D eigenvalue weighted by molar-refractivity contribution is 6.04. The lowest BCUT2D eigenvalue weighted by Gasteiger charge is -2.30. The van der Waals surface area contributed by atoms with Crippen molar-refractivity contribution < 1.29 is 23.5 Å². The summed E-state index contributed by atoms with van der Waals surface area (Å²) in [5.74, 6) is -1.46. The van der Waals surface area contributed by atoms with E-state index in [0.29, 0.717) is 11.4 Å². The van der Waals surface area contributed by atoms with Crippen LogP contribution in [0.1, 0.15) is 70.3 Å². The number of amides is 1. The van der Waals surface area contributed by atoms with Crippen molar-refractivity contribution in [3.63, 3.8) is 0 Å². The number of anilines is 1. The molecule has 0 radical (unpaired) electrons. The third kappa shape index (κ3) is 6.53. The van der Waals surface area contributed by atoms with Gasteiger partial charge in [-0.1, -0.05) is 26.8 Å². The highest BCUT2D eigenvalue weighted by Crippen LogP contribution is 2.35. The Morgan fingerprint density at radius 3 is 2.50 bits per heavy atom. The summed E-state index contributed by atoms with van der Waals surface area (Å²) < 4.78 is 26.0. The Balaban J connectivity index is 1.94. The predicted molar refractivity (Wildman–Crippen MR) is 129 cm³/mol. The molecule has 1 aliphatic heterocycles. The largest absolute Gasteiger partial charge is 0.477 e. The molecule has 34 heavy (non-hydrogen) atoms. The standard InChI is InChI=1S/C26H34FN3O4/c1-25(2,3)18-12-11-16(30-23(31)17-9-7-14-29-22(17)27)15-20(18)33-21(19-10-8-13-28-19)24(32)34-26(4,5)6/h7,9,11-12,14-15,19,21,28H,8,10,13H2,1-6H3,(H,30,31)/t19?,21-/m0/s1. The fourth-order valence-corrected chi connectivity index (χ4v) is 3.83. The van der Waals surface area contributed by atoms with E-state index < -0.39 is 29.5 Å². The van der Waals surface area contributed by atoms with E-state index in [4.69, 9.17) is 9.47 Å².